The van der Waals surface area contributed by atoms with E-state index in [1.54, 1.807) is 6.92 Å². The molecule has 0 N–H and O–H groups in total. The predicted octanol–water partition coefficient (Wildman–Crippen LogP) is 4.23. The van der Waals surface area contributed by atoms with Crippen molar-refractivity contribution in [3.8, 4) is 0 Å². The van der Waals surface area contributed by atoms with Gasteiger partial charge in [-0.3, -0.25) is 0 Å². The standard InChI is InChI=1S/C12H13BrCl2O4S/c1-6(2)7(3)19-12(16)9-4-8(13)5-10(11(9)14)20(15,17)18/h4-7H,1-3H3. The highest BCUT2D eigenvalue weighted by atomic mass is 79.9. The van der Waals surface area contributed by atoms with E-state index < -0.39 is 15.0 Å². The van der Waals surface area contributed by atoms with Gasteiger partial charge in [0.2, 0.25) is 0 Å². The van der Waals surface area contributed by atoms with Gasteiger partial charge in [-0.2, -0.15) is 0 Å². The van der Waals surface area contributed by atoms with E-state index in [2.05, 4.69) is 15.9 Å². The molecule has 0 amide bonds. The second-order valence-electron chi connectivity index (χ2n) is 4.56. The normalized spacial score (nSPS) is 13.3. The minimum atomic E-state index is -4.05. The van der Waals surface area contributed by atoms with E-state index in [1.807, 2.05) is 13.8 Å². The minimum absolute atomic E-state index is 0.0484. The lowest BCUT2D eigenvalue weighted by Gasteiger charge is -2.17. The van der Waals surface area contributed by atoms with Gasteiger partial charge >= 0.3 is 5.97 Å². The molecule has 0 saturated carbocycles. The first kappa shape index (κ1) is 17.8. The Kier molecular flexibility index (Phi) is 5.89. The Balaban J connectivity index is 3.26. The topological polar surface area (TPSA) is 60.4 Å². The molecule has 0 saturated heterocycles. The van der Waals surface area contributed by atoms with Crippen molar-refractivity contribution in [2.24, 2.45) is 5.92 Å². The second kappa shape index (κ2) is 6.64. The van der Waals surface area contributed by atoms with E-state index in [4.69, 9.17) is 27.0 Å². The van der Waals surface area contributed by atoms with E-state index >= 15 is 0 Å². The van der Waals surface area contributed by atoms with Crippen molar-refractivity contribution < 1.29 is 17.9 Å². The molecule has 0 fully saturated rings. The fraction of sp³-hybridized carbons (Fsp3) is 0.417. The highest BCUT2D eigenvalue weighted by molar-refractivity contribution is 9.10. The van der Waals surface area contributed by atoms with Gasteiger partial charge in [-0.1, -0.05) is 41.4 Å². The molecular weight excluding hydrogens is 391 g/mol. The number of hydrogen-bond donors (Lipinski definition) is 0. The Bertz CT molecular complexity index is 629. The molecule has 8 heteroatoms. The summed E-state index contributed by atoms with van der Waals surface area (Å²) in [6, 6.07) is 2.62. The maximum Gasteiger partial charge on any atom is 0.340 e. The number of benzene rings is 1. The molecule has 0 bridgehead atoms. The molecular formula is C12H13BrCl2O4S. The van der Waals surface area contributed by atoms with Crippen molar-refractivity contribution in [2.45, 2.75) is 31.8 Å². The summed E-state index contributed by atoms with van der Waals surface area (Å²) in [6.45, 7) is 5.54. The van der Waals surface area contributed by atoms with Crippen LogP contribution in [0.5, 0.6) is 0 Å². The van der Waals surface area contributed by atoms with Crippen molar-refractivity contribution in [3.63, 3.8) is 0 Å². The fourth-order valence-corrected chi connectivity index (χ4v) is 3.43. The number of esters is 1. The molecule has 0 heterocycles. The van der Waals surface area contributed by atoms with Crippen molar-refractivity contribution in [1.29, 1.82) is 0 Å². The number of halogens is 3. The average molecular weight is 404 g/mol. The Labute approximate surface area is 135 Å². The quantitative estimate of drug-likeness (QED) is 0.557. The molecule has 0 aromatic heterocycles. The number of carbonyl (C=O) groups is 1. The van der Waals surface area contributed by atoms with Gasteiger partial charge in [-0.15, -0.1) is 0 Å². The van der Waals surface area contributed by atoms with Gasteiger partial charge in [0.05, 0.1) is 10.6 Å². The molecule has 1 atom stereocenters. The number of carbonyl (C=O) groups excluding carboxylic acids is 1. The summed E-state index contributed by atoms with van der Waals surface area (Å²) in [4.78, 5) is 11.7. The smallest absolute Gasteiger partial charge is 0.340 e. The summed E-state index contributed by atoms with van der Waals surface area (Å²) < 4.78 is 28.4. The molecule has 0 spiro atoms. The molecule has 1 aromatic carbocycles. The van der Waals surface area contributed by atoms with E-state index in [1.165, 1.54) is 12.1 Å². The third-order valence-electron chi connectivity index (χ3n) is 2.72. The number of hydrogen-bond acceptors (Lipinski definition) is 4. The fourth-order valence-electron chi connectivity index (χ4n) is 1.26. The van der Waals surface area contributed by atoms with Gasteiger partial charge in [0, 0.05) is 15.2 Å². The number of rotatable bonds is 4. The monoisotopic (exact) mass is 402 g/mol. The summed E-state index contributed by atoms with van der Waals surface area (Å²) in [6.07, 6.45) is -0.325. The minimum Gasteiger partial charge on any atom is -0.459 e. The van der Waals surface area contributed by atoms with E-state index in [9.17, 15) is 13.2 Å². The largest absolute Gasteiger partial charge is 0.459 e. The van der Waals surface area contributed by atoms with Crippen LogP contribution in [0.1, 0.15) is 31.1 Å². The molecule has 0 aliphatic rings. The molecule has 0 aliphatic heterocycles. The van der Waals surface area contributed by atoms with Crippen LogP contribution in [-0.2, 0) is 13.8 Å². The van der Waals surface area contributed by atoms with Crippen LogP contribution in [0.2, 0.25) is 5.02 Å². The molecule has 1 unspecified atom stereocenters. The zero-order valence-corrected chi connectivity index (χ0v) is 14.9. The third kappa shape index (κ3) is 4.35. The van der Waals surface area contributed by atoms with Gasteiger partial charge in [0.15, 0.2) is 0 Å². The Morgan fingerprint density at radius 2 is 1.85 bits per heavy atom. The van der Waals surface area contributed by atoms with Gasteiger partial charge in [-0.25, -0.2) is 13.2 Å². The molecule has 112 valence electrons. The lowest BCUT2D eigenvalue weighted by molar-refractivity contribution is 0.0238. The Hall–Kier alpha value is -0.300. The average Bonchev–Trinajstić information content (AvgIpc) is 2.29. The lowest BCUT2D eigenvalue weighted by atomic mass is 10.1. The van der Waals surface area contributed by atoms with Crippen LogP contribution in [0, 0.1) is 5.92 Å². The number of ether oxygens (including phenoxy) is 1. The van der Waals surface area contributed by atoms with Gasteiger partial charge in [-0.05, 0) is 25.0 Å². The zero-order chi connectivity index (χ0) is 15.7. The Morgan fingerprint density at radius 1 is 1.30 bits per heavy atom. The molecule has 1 aromatic rings. The zero-order valence-electron chi connectivity index (χ0n) is 11.0. The third-order valence-corrected chi connectivity index (χ3v) is 5.04. The van der Waals surface area contributed by atoms with Crippen LogP contribution in [0.4, 0.5) is 0 Å². The van der Waals surface area contributed by atoms with Crippen LogP contribution in [-0.4, -0.2) is 20.5 Å². The van der Waals surface area contributed by atoms with Gasteiger partial charge < -0.3 is 4.74 Å². The van der Waals surface area contributed by atoms with Gasteiger partial charge in [0.1, 0.15) is 11.0 Å². The van der Waals surface area contributed by atoms with Crippen LogP contribution in [0.3, 0.4) is 0 Å². The van der Waals surface area contributed by atoms with E-state index in [-0.39, 0.29) is 27.5 Å². The molecule has 20 heavy (non-hydrogen) atoms. The van der Waals surface area contributed by atoms with Crippen LogP contribution < -0.4 is 0 Å². The second-order valence-corrected chi connectivity index (χ2v) is 8.39. The van der Waals surface area contributed by atoms with Crippen molar-refractivity contribution >= 4 is 53.2 Å². The van der Waals surface area contributed by atoms with E-state index in [0.717, 1.165) is 0 Å². The lowest BCUT2D eigenvalue weighted by Crippen LogP contribution is -2.20. The highest BCUT2D eigenvalue weighted by Crippen LogP contribution is 2.32. The first-order valence-corrected chi connectivity index (χ1v) is 9.16. The van der Waals surface area contributed by atoms with Crippen molar-refractivity contribution in [2.75, 3.05) is 0 Å². The molecule has 0 radical (unpaired) electrons. The summed E-state index contributed by atoms with van der Waals surface area (Å²) in [5.74, 6) is -0.569. The summed E-state index contributed by atoms with van der Waals surface area (Å²) in [5.41, 5.74) is -0.0484. The maximum absolute atomic E-state index is 12.0. The molecule has 1 rings (SSSR count). The SMILES string of the molecule is CC(C)C(C)OC(=O)c1cc(Br)cc(S(=O)(=O)Cl)c1Cl. The Morgan fingerprint density at radius 3 is 2.30 bits per heavy atom. The summed E-state index contributed by atoms with van der Waals surface area (Å²) in [5, 5.41) is -0.246. The molecule has 4 nitrogen and oxygen atoms in total. The van der Waals surface area contributed by atoms with Crippen molar-refractivity contribution in [1.82, 2.24) is 0 Å². The maximum atomic E-state index is 12.0. The van der Waals surface area contributed by atoms with Gasteiger partial charge in [0.25, 0.3) is 9.05 Å². The van der Waals surface area contributed by atoms with Crippen LogP contribution in [0.15, 0.2) is 21.5 Å². The van der Waals surface area contributed by atoms with Crippen LogP contribution >= 0.6 is 38.2 Å². The first-order valence-electron chi connectivity index (χ1n) is 5.68. The van der Waals surface area contributed by atoms with Crippen molar-refractivity contribution in [3.05, 3.63) is 27.2 Å². The summed E-state index contributed by atoms with van der Waals surface area (Å²) in [7, 11) is 1.23. The predicted molar refractivity (Wildman–Crippen MR) is 81.9 cm³/mol. The van der Waals surface area contributed by atoms with E-state index in [0.29, 0.717) is 4.47 Å². The summed E-state index contributed by atoms with van der Waals surface area (Å²) >= 11 is 9.05. The van der Waals surface area contributed by atoms with Crippen LogP contribution in [0.25, 0.3) is 0 Å². The molecule has 0 aliphatic carbocycles. The first-order chi connectivity index (χ1) is 9.04. The highest BCUT2D eigenvalue weighted by Gasteiger charge is 2.24.